The van der Waals surface area contributed by atoms with Gasteiger partial charge in [-0.25, -0.2) is 0 Å². The predicted molar refractivity (Wildman–Crippen MR) is 121 cm³/mol. The summed E-state index contributed by atoms with van der Waals surface area (Å²) in [6, 6.07) is 11.3. The third kappa shape index (κ3) is 6.79. The molecule has 5 nitrogen and oxygen atoms in total. The van der Waals surface area contributed by atoms with Gasteiger partial charge in [0, 0.05) is 12.6 Å². The zero-order valence-electron chi connectivity index (χ0n) is 17.1. The lowest BCUT2D eigenvalue weighted by molar-refractivity contribution is -0.142. The third-order valence-corrected chi connectivity index (χ3v) is 5.74. The van der Waals surface area contributed by atoms with Crippen LogP contribution in [0, 0.1) is 0 Å². The molecule has 0 aromatic heterocycles. The largest absolute Gasteiger partial charge is 0.482 e. The smallest absolute Gasteiger partial charge is 0.261 e. The summed E-state index contributed by atoms with van der Waals surface area (Å²) >= 11 is 18.2. The summed E-state index contributed by atoms with van der Waals surface area (Å²) in [6.45, 7) is 5.49. The zero-order valence-corrected chi connectivity index (χ0v) is 19.4. The van der Waals surface area contributed by atoms with Crippen LogP contribution in [-0.4, -0.2) is 35.4 Å². The molecule has 0 unspecified atom stereocenters. The summed E-state index contributed by atoms with van der Waals surface area (Å²) in [4.78, 5) is 27.1. The lowest BCUT2D eigenvalue weighted by Gasteiger charge is -2.29. The van der Waals surface area contributed by atoms with Crippen LogP contribution in [0.25, 0.3) is 0 Å². The monoisotopic (exact) mass is 470 g/mol. The quantitative estimate of drug-likeness (QED) is 0.536. The van der Waals surface area contributed by atoms with Crippen molar-refractivity contribution in [2.45, 2.75) is 45.8 Å². The van der Waals surface area contributed by atoms with Gasteiger partial charge in [-0.2, -0.15) is 0 Å². The lowest BCUT2D eigenvalue weighted by atomic mass is 10.1. The molecule has 0 fully saturated rings. The van der Waals surface area contributed by atoms with Gasteiger partial charge in [0.1, 0.15) is 11.8 Å². The summed E-state index contributed by atoms with van der Waals surface area (Å²) in [6.07, 6.45) is 0.787. The van der Waals surface area contributed by atoms with Crippen LogP contribution in [-0.2, 0) is 16.1 Å². The van der Waals surface area contributed by atoms with Crippen LogP contribution in [0.15, 0.2) is 42.5 Å². The molecule has 0 saturated carbocycles. The number of nitrogens with zero attached hydrogens (tertiary/aromatic N) is 1. The molecule has 0 radical (unpaired) electrons. The molecule has 2 atom stereocenters. The zero-order chi connectivity index (χ0) is 22.3. The van der Waals surface area contributed by atoms with Crippen LogP contribution < -0.4 is 10.1 Å². The lowest BCUT2D eigenvalue weighted by Crippen LogP contribution is -2.50. The molecule has 2 rings (SSSR count). The van der Waals surface area contributed by atoms with Crippen molar-refractivity contribution in [3.8, 4) is 5.75 Å². The minimum Gasteiger partial charge on any atom is -0.482 e. The van der Waals surface area contributed by atoms with Gasteiger partial charge in [0.25, 0.3) is 5.91 Å². The van der Waals surface area contributed by atoms with E-state index in [0.29, 0.717) is 20.8 Å². The van der Waals surface area contributed by atoms with Crippen LogP contribution in [0.5, 0.6) is 5.75 Å². The molecule has 0 bridgehead atoms. The standard InChI is InChI=1S/C22H25Cl3N2O3/c1-4-14(2)26-22(29)15(3)27(12-16-9-10-17(23)19(25)11-16)21(28)13-30-20-8-6-5-7-18(20)24/h5-11,14-15H,4,12-13H2,1-3H3,(H,26,29)/t14-,15+/m1/s1. The summed E-state index contributed by atoms with van der Waals surface area (Å²) in [5.74, 6) is -0.193. The second-order valence-electron chi connectivity index (χ2n) is 6.98. The van der Waals surface area contributed by atoms with Crippen molar-refractivity contribution in [1.82, 2.24) is 10.2 Å². The Morgan fingerprint density at radius 3 is 2.37 bits per heavy atom. The average Bonchev–Trinajstić information content (AvgIpc) is 2.73. The molecule has 2 aromatic carbocycles. The minimum atomic E-state index is -0.712. The van der Waals surface area contributed by atoms with Crippen molar-refractivity contribution in [3.63, 3.8) is 0 Å². The first-order chi connectivity index (χ1) is 14.2. The number of nitrogens with one attached hydrogen (secondary N) is 1. The van der Waals surface area contributed by atoms with E-state index in [1.165, 1.54) is 4.90 Å². The minimum absolute atomic E-state index is 0.00116. The Bertz CT molecular complexity index is 892. The molecule has 162 valence electrons. The Morgan fingerprint density at radius 2 is 1.73 bits per heavy atom. The van der Waals surface area contributed by atoms with Gasteiger partial charge in [0.05, 0.1) is 15.1 Å². The normalized spacial score (nSPS) is 12.7. The molecule has 30 heavy (non-hydrogen) atoms. The Hall–Kier alpha value is -1.95. The highest BCUT2D eigenvalue weighted by Gasteiger charge is 2.27. The van der Waals surface area contributed by atoms with E-state index in [0.717, 1.165) is 12.0 Å². The fourth-order valence-corrected chi connectivity index (χ4v) is 3.18. The Balaban J connectivity index is 2.20. The van der Waals surface area contributed by atoms with Crippen molar-refractivity contribution in [2.75, 3.05) is 6.61 Å². The molecule has 0 spiro atoms. The molecule has 2 aromatic rings. The first-order valence-electron chi connectivity index (χ1n) is 9.64. The number of carbonyl (C=O) groups excluding carboxylic acids is 2. The number of rotatable bonds is 9. The Labute approximate surface area is 192 Å². The van der Waals surface area contributed by atoms with E-state index in [4.69, 9.17) is 39.5 Å². The van der Waals surface area contributed by atoms with Gasteiger partial charge in [-0.1, -0.05) is 59.9 Å². The molecule has 1 N–H and O–H groups in total. The second kappa shape index (κ2) is 11.4. The second-order valence-corrected chi connectivity index (χ2v) is 8.20. The van der Waals surface area contributed by atoms with Crippen molar-refractivity contribution >= 4 is 46.6 Å². The van der Waals surface area contributed by atoms with Crippen LogP contribution >= 0.6 is 34.8 Å². The van der Waals surface area contributed by atoms with E-state index < -0.39 is 6.04 Å². The number of hydrogen-bond acceptors (Lipinski definition) is 3. The molecule has 0 aliphatic heterocycles. The molecule has 0 saturated heterocycles. The average molecular weight is 472 g/mol. The number of para-hydroxylation sites is 1. The first-order valence-corrected chi connectivity index (χ1v) is 10.8. The van der Waals surface area contributed by atoms with Gasteiger partial charge in [0.15, 0.2) is 6.61 Å². The van der Waals surface area contributed by atoms with Crippen molar-refractivity contribution < 1.29 is 14.3 Å². The van der Waals surface area contributed by atoms with E-state index >= 15 is 0 Å². The highest BCUT2D eigenvalue weighted by atomic mass is 35.5. The fourth-order valence-electron chi connectivity index (χ4n) is 2.67. The van der Waals surface area contributed by atoms with Gasteiger partial charge in [-0.15, -0.1) is 0 Å². The summed E-state index contributed by atoms with van der Waals surface area (Å²) in [5.41, 5.74) is 0.749. The van der Waals surface area contributed by atoms with Crippen LogP contribution in [0.3, 0.4) is 0 Å². The number of hydrogen-bond donors (Lipinski definition) is 1. The van der Waals surface area contributed by atoms with Crippen molar-refractivity contribution in [1.29, 1.82) is 0 Å². The number of amides is 2. The Morgan fingerprint density at radius 1 is 1.03 bits per heavy atom. The Kier molecular flexibility index (Phi) is 9.28. The highest BCUT2D eigenvalue weighted by molar-refractivity contribution is 6.42. The maximum absolute atomic E-state index is 13.0. The van der Waals surface area contributed by atoms with Gasteiger partial charge in [0.2, 0.25) is 5.91 Å². The topological polar surface area (TPSA) is 58.6 Å². The highest BCUT2D eigenvalue weighted by Crippen LogP contribution is 2.25. The summed E-state index contributed by atoms with van der Waals surface area (Å²) in [5, 5.41) is 4.12. The molecular weight excluding hydrogens is 447 g/mol. The SMILES string of the molecule is CC[C@@H](C)NC(=O)[C@H](C)N(Cc1ccc(Cl)c(Cl)c1)C(=O)COc1ccccc1Cl. The maximum Gasteiger partial charge on any atom is 0.261 e. The third-order valence-electron chi connectivity index (χ3n) is 4.69. The van der Waals surface area contributed by atoms with Gasteiger partial charge in [-0.3, -0.25) is 9.59 Å². The number of carbonyl (C=O) groups is 2. The van der Waals surface area contributed by atoms with Crippen molar-refractivity contribution in [2.24, 2.45) is 0 Å². The van der Waals surface area contributed by atoms with E-state index in [2.05, 4.69) is 5.32 Å². The molecule has 0 aliphatic carbocycles. The molecular formula is C22H25Cl3N2O3. The summed E-state index contributed by atoms with van der Waals surface area (Å²) < 4.78 is 5.59. The predicted octanol–water partition coefficient (Wildman–Crippen LogP) is 5.36. The number of halogens is 3. The van der Waals surface area contributed by atoms with E-state index in [-0.39, 0.29) is 31.0 Å². The van der Waals surface area contributed by atoms with Crippen molar-refractivity contribution in [3.05, 3.63) is 63.1 Å². The van der Waals surface area contributed by atoms with Crippen LogP contribution in [0.1, 0.15) is 32.8 Å². The van der Waals surface area contributed by atoms with Gasteiger partial charge < -0.3 is 15.0 Å². The molecule has 0 heterocycles. The van der Waals surface area contributed by atoms with E-state index in [1.807, 2.05) is 13.8 Å². The first kappa shape index (κ1) is 24.3. The molecule has 2 amide bonds. The number of ether oxygens (including phenoxy) is 1. The van der Waals surface area contributed by atoms with Crippen LogP contribution in [0.2, 0.25) is 15.1 Å². The van der Waals surface area contributed by atoms with Gasteiger partial charge in [-0.05, 0) is 50.1 Å². The number of benzene rings is 2. The van der Waals surface area contributed by atoms with Crippen LogP contribution in [0.4, 0.5) is 0 Å². The van der Waals surface area contributed by atoms with E-state index in [9.17, 15) is 9.59 Å². The maximum atomic E-state index is 13.0. The summed E-state index contributed by atoms with van der Waals surface area (Å²) in [7, 11) is 0. The molecule has 8 heteroatoms. The molecule has 0 aliphatic rings. The van der Waals surface area contributed by atoms with Gasteiger partial charge >= 0.3 is 0 Å². The fraction of sp³-hybridized carbons (Fsp3) is 0.364. The van der Waals surface area contributed by atoms with E-state index in [1.54, 1.807) is 49.4 Å².